The summed E-state index contributed by atoms with van der Waals surface area (Å²) in [4.78, 5) is 30.0. The molecule has 1 aromatic rings. The van der Waals surface area contributed by atoms with Gasteiger partial charge in [0, 0.05) is 13.3 Å². The molecule has 4 N–H and O–H groups in total. The van der Waals surface area contributed by atoms with Crippen LogP contribution < -0.4 is 16.4 Å². The first-order chi connectivity index (χ1) is 15.4. The number of carbonyl (C=O) groups is 2. The summed E-state index contributed by atoms with van der Waals surface area (Å²) in [7, 11) is 1.37. The van der Waals surface area contributed by atoms with Crippen LogP contribution in [0.3, 0.4) is 0 Å². The zero-order valence-corrected chi connectivity index (χ0v) is 18.5. The molecule has 1 saturated heterocycles. The third-order valence-electron chi connectivity index (χ3n) is 6.34. The van der Waals surface area contributed by atoms with Gasteiger partial charge in [0.25, 0.3) is 0 Å². The number of ether oxygens (including phenoxy) is 1. The van der Waals surface area contributed by atoms with Gasteiger partial charge in [0.05, 0.1) is 25.2 Å². The molecule has 1 aromatic heterocycles. The molecule has 0 radical (unpaired) electrons. The van der Waals surface area contributed by atoms with Crippen LogP contribution in [0.25, 0.3) is 0 Å². The number of alkyl halides is 4. The van der Waals surface area contributed by atoms with Crippen LogP contribution in [0.15, 0.2) is 18.3 Å². The van der Waals surface area contributed by atoms with E-state index in [9.17, 15) is 27.2 Å². The van der Waals surface area contributed by atoms with E-state index in [0.29, 0.717) is 31.2 Å². The van der Waals surface area contributed by atoms with E-state index in [2.05, 4.69) is 10.3 Å². The van der Waals surface area contributed by atoms with Crippen LogP contribution in [0.1, 0.15) is 44.2 Å². The number of nitrogens with one attached hydrogen (secondary N) is 2. The molecule has 0 bridgehead atoms. The number of rotatable bonds is 7. The first kappa shape index (κ1) is 25.2. The van der Waals surface area contributed by atoms with E-state index >= 15 is 0 Å². The van der Waals surface area contributed by atoms with Crippen LogP contribution in [0.4, 0.5) is 28.2 Å². The van der Waals surface area contributed by atoms with Crippen molar-refractivity contribution in [3.05, 3.63) is 23.9 Å². The quantitative estimate of drug-likeness (QED) is 0.526. The lowest BCUT2D eigenvalue weighted by Gasteiger charge is -2.33. The van der Waals surface area contributed by atoms with Crippen LogP contribution in [0.5, 0.6) is 0 Å². The summed E-state index contributed by atoms with van der Waals surface area (Å²) < 4.78 is 58.4. The Kier molecular flexibility index (Phi) is 7.47. The van der Waals surface area contributed by atoms with E-state index in [1.165, 1.54) is 32.4 Å². The van der Waals surface area contributed by atoms with Crippen LogP contribution in [0, 0.1) is 5.92 Å². The van der Waals surface area contributed by atoms with E-state index in [4.69, 9.17) is 10.5 Å². The topological polar surface area (TPSA) is 110 Å². The highest BCUT2D eigenvalue weighted by Gasteiger charge is 2.48. The second-order valence-corrected chi connectivity index (χ2v) is 8.91. The Balaban J connectivity index is 1.70. The number of halogens is 4. The van der Waals surface area contributed by atoms with Crippen molar-refractivity contribution in [1.82, 2.24) is 15.2 Å². The highest BCUT2D eigenvalue weighted by atomic mass is 19.4. The van der Waals surface area contributed by atoms with Crippen molar-refractivity contribution in [2.75, 3.05) is 25.6 Å². The molecule has 1 aliphatic carbocycles. The zero-order chi connectivity index (χ0) is 24.4. The van der Waals surface area contributed by atoms with Gasteiger partial charge in [-0.15, -0.1) is 0 Å². The monoisotopic (exact) mass is 475 g/mol. The lowest BCUT2D eigenvalue weighted by molar-refractivity contribution is -0.150. The van der Waals surface area contributed by atoms with Gasteiger partial charge in [0.15, 0.2) is 0 Å². The van der Waals surface area contributed by atoms with E-state index in [1.54, 1.807) is 0 Å². The second-order valence-electron chi connectivity index (χ2n) is 8.91. The summed E-state index contributed by atoms with van der Waals surface area (Å²) in [6.07, 6.45) is -1.54. The molecule has 2 aliphatic rings. The molecular formula is C21H29F4N5O3. The molecule has 12 heteroatoms. The molecule has 2 fully saturated rings. The Bertz CT molecular complexity index is 857. The lowest BCUT2D eigenvalue weighted by atomic mass is 9.77. The molecule has 33 heavy (non-hydrogen) atoms. The Morgan fingerprint density at radius 1 is 1.42 bits per heavy atom. The molecular weight excluding hydrogens is 446 g/mol. The SMILES string of the molecule is COC[C@H](c1ccnc(NC(=O)C(N)C2CCC(C)(F)CC2)c1)N1C[C@@H](C(F)(F)F)NC1=O. The summed E-state index contributed by atoms with van der Waals surface area (Å²) in [5, 5.41) is 4.56. The number of aromatic nitrogens is 1. The van der Waals surface area contributed by atoms with Gasteiger partial charge >= 0.3 is 12.2 Å². The van der Waals surface area contributed by atoms with Crippen molar-refractivity contribution < 1.29 is 31.9 Å². The van der Waals surface area contributed by atoms with Gasteiger partial charge in [-0.25, -0.2) is 14.2 Å². The first-order valence-corrected chi connectivity index (χ1v) is 10.8. The molecule has 2 heterocycles. The third-order valence-corrected chi connectivity index (χ3v) is 6.34. The fraction of sp³-hybridized carbons (Fsp3) is 0.667. The highest BCUT2D eigenvalue weighted by Crippen LogP contribution is 2.36. The first-order valence-electron chi connectivity index (χ1n) is 10.8. The van der Waals surface area contributed by atoms with Gasteiger partial charge < -0.3 is 26.0 Å². The Morgan fingerprint density at radius 2 is 2.09 bits per heavy atom. The van der Waals surface area contributed by atoms with Crippen molar-refractivity contribution in [2.24, 2.45) is 11.7 Å². The van der Waals surface area contributed by atoms with E-state index < -0.39 is 48.5 Å². The number of methoxy groups -OCH3 is 1. The Labute approximate surface area is 189 Å². The molecule has 0 spiro atoms. The number of nitrogens with two attached hydrogens (primary N) is 1. The minimum atomic E-state index is -4.58. The number of urea groups is 1. The molecule has 3 atom stereocenters. The molecule has 3 rings (SSSR count). The van der Waals surface area contributed by atoms with E-state index in [0.717, 1.165) is 4.90 Å². The Hall–Kier alpha value is -2.47. The summed E-state index contributed by atoms with van der Waals surface area (Å²) in [6.45, 7) is 0.914. The molecule has 0 aromatic carbocycles. The number of amides is 3. The van der Waals surface area contributed by atoms with Crippen molar-refractivity contribution >= 4 is 17.8 Å². The zero-order valence-electron chi connectivity index (χ0n) is 18.5. The fourth-order valence-corrected chi connectivity index (χ4v) is 4.28. The molecule has 8 nitrogen and oxygen atoms in total. The maximum atomic E-state index is 14.0. The smallest absolute Gasteiger partial charge is 0.382 e. The minimum Gasteiger partial charge on any atom is -0.382 e. The molecule has 1 unspecified atom stereocenters. The number of nitrogens with zero attached hydrogens (tertiary/aromatic N) is 2. The van der Waals surface area contributed by atoms with Gasteiger partial charge in [-0.3, -0.25) is 4.79 Å². The number of anilines is 1. The van der Waals surface area contributed by atoms with Crippen molar-refractivity contribution in [3.8, 4) is 0 Å². The predicted molar refractivity (Wildman–Crippen MR) is 112 cm³/mol. The van der Waals surface area contributed by atoms with Gasteiger partial charge in [-0.05, 0) is 56.2 Å². The Morgan fingerprint density at radius 3 is 2.67 bits per heavy atom. The lowest BCUT2D eigenvalue weighted by Crippen LogP contribution is -2.44. The average molecular weight is 475 g/mol. The maximum absolute atomic E-state index is 14.0. The molecule has 1 saturated carbocycles. The van der Waals surface area contributed by atoms with Crippen molar-refractivity contribution in [3.63, 3.8) is 0 Å². The van der Waals surface area contributed by atoms with Gasteiger partial charge in [-0.1, -0.05) is 0 Å². The van der Waals surface area contributed by atoms with Crippen molar-refractivity contribution in [2.45, 2.75) is 62.6 Å². The number of carbonyl (C=O) groups excluding carboxylic acids is 2. The fourth-order valence-electron chi connectivity index (χ4n) is 4.28. The van der Waals surface area contributed by atoms with Gasteiger partial charge in [-0.2, -0.15) is 13.2 Å². The van der Waals surface area contributed by atoms with Crippen LogP contribution in [-0.2, 0) is 9.53 Å². The molecule has 1 aliphatic heterocycles. The van der Waals surface area contributed by atoms with E-state index in [1.807, 2.05) is 5.32 Å². The van der Waals surface area contributed by atoms with Crippen LogP contribution in [0.2, 0.25) is 0 Å². The normalized spacial score (nSPS) is 27.7. The predicted octanol–water partition coefficient (Wildman–Crippen LogP) is 2.91. The summed E-state index contributed by atoms with van der Waals surface area (Å²) in [6, 6.07) is -1.50. The van der Waals surface area contributed by atoms with Gasteiger partial charge in [0.2, 0.25) is 5.91 Å². The highest BCUT2D eigenvalue weighted by molar-refractivity contribution is 5.94. The average Bonchev–Trinajstić information content (AvgIpc) is 3.13. The van der Waals surface area contributed by atoms with Gasteiger partial charge in [0.1, 0.15) is 17.5 Å². The second kappa shape index (κ2) is 9.80. The third kappa shape index (κ3) is 6.11. The standard InChI is InChI=1S/C21H29F4N5O3/c1-20(22)6-3-12(4-7-20)17(26)18(31)29-16-9-13(5-8-27-16)14(11-33-2)30-10-15(21(23,24)25)28-19(30)32/h5,8-9,12,14-15,17H,3-4,6-7,10-11,26H2,1-2H3,(H,28,32)(H,27,29,31)/t12?,14-,15+,17?,20?/m1/s1. The molecule has 3 amide bonds. The number of hydrogen-bond acceptors (Lipinski definition) is 5. The maximum Gasteiger partial charge on any atom is 0.410 e. The largest absolute Gasteiger partial charge is 0.410 e. The minimum absolute atomic E-state index is 0.0566. The van der Waals surface area contributed by atoms with Crippen LogP contribution in [-0.4, -0.2) is 66.0 Å². The van der Waals surface area contributed by atoms with E-state index in [-0.39, 0.29) is 18.3 Å². The summed E-state index contributed by atoms with van der Waals surface area (Å²) >= 11 is 0. The summed E-state index contributed by atoms with van der Waals surface area (Å²) in [5.41, 5.74) is 5.30. The summed E-state index contributed by atoms with van der Waals surface area (Å²) in [5.74, 6) is -0.496. The van der Waals surface area contributed by atoms with Crippen LogP contribution >= 0.6 is 0 Å². The van der Waals surface area contributed by atoms with Crippen molar-refractivity contribution in [1.29, 1.82) is 0 Å². The number of hydrogen-bond donors (Lipinski definition) is 3. The number of pyridine rings is 1. The molecule has 184 valence electrons.